The summed E-state index contributed by atoms with van der Waals surface area (Å²) in [7, 11) is 0. The maximum atomic E-state index is 12.7. The van der Waals surface area contributed by atoms with Crippen molar-refractivity contribution in [3.63, 3.8) is 0 Å². The first-order chi connectivity index (χ1) is 12.5. The smallest absolute Gasteiger partial charge is 0.252 e. The number of rotatable bonds is 5. The summed E-state index contributed by atoms with van der Waals surface area (Å²) < 4.78 is 0. The number of benzene rings is 3. The number of aromatic hydroxyl groups is 1. The number of phenolic OH excluding ortho intramolecular Hbond substituents is 1. The van der Waals surface area contributed by atoms with Gasteiger partial charge in [0.25, 0.3) is 5.91 Å². The number of hydrogen-bond acceptors (Lipinski definition) is 3. The maximum Gasteiger partial charge on any atom is 0.252 e. The fraction of sp³-hybridized carbons (Fsp3) is 0.0476. The highest BCUT2D eigenvalue weighted by molar-refractivity contribution is 6.30. The Balaban J connectivity index is 1.79. The molecule has 0 saturated carbocycles. The summed E-state index contributed by atoms with van der Waals surface area (Å²) in [4.78, 5) is 25.3. The van der Waals surface area contributed by atoms with Crippen molar-refractivity contribution in [2.24, 2.45) is 0 Å². The second kappa shape index (κ2) is 7.85. The van der Waals surface area contributed by atoms with E-state index in [-0.39, 0.29) is 17.4 Å². The molecule has 0 fully saturated rings. The Bertz CT molecular complexity index is 934. The number of carbonyl (C=O) groups is 2. The summed E-state index contributed by atoms with van der Waals surface area (Å²) in [6.07, 6.45) is 0. The molecule has 0 bridgehead atoms. The van der Waals surface area contributed by atoms with Gasteiger partial charge in [0.1, 0.15) is 5.75 Å². The number of ketones is 1. The highest BCUT2D eigenvalue weighted by Crippen LogP contribution is 2.17. The zero-order valence-corrected chi connectivity index (χ0v) is 14.5. The van der Waals surface area contributed by atoms with Crippen LogP contribution in [0.15, 0.2) is 72.8 Å². The Labute approximate surface area is 156 Å². The molecule has 0 atom stereocenters. The predicted molar refractivity (Wildman–Crippen MR) is 101 cm³/mol. The van der Waals surface area contributed by atoms with Crippen LogP contribution in [0.5, 0.6) is 5.75 Å². The molecule has 26 heavy (non-hydrogen) atoms. The Kier molecular flexibility index (Phi) is 5.34. The summed E-state index contributed by atoms with van der Waals surface area (Å²) in [5.74, 6) is -0.410. The second-order valence-corrected chi connectivity index (χ2v) is 6.17. The third kappa shape index (κ3) is 4.10. The lowest BCUT2D eigenvalue weighted by molar-refractivity contribution is 0.0939. The van der Waals surface area contributed by atoms with Gasteiger partial charge in [0, 0.05) is 22.7 Å². The summed E-state index contributed by atoms with van der Waals surface area (Å²) in [6.45, 7) is 0.294. The zero-order chi connectivity index (χ0) is 18.5. The van der Waals surface area contributed by atoms with Crippen LogP contribution in [0.25, 0.3) is 0 Å². The first-order valence-corrected chi connectivity index (χ1v) is 8.38. The Morgan fingerprint density at radius 1 is 0.846 bits per heavy atom. The zero-order valence-electron chi connectivity index (χ0n) is 13.8. The third-order valence-corrected chi connectivity index (χ3v) is 4.16. The fourth-order valence-corrected chi connectivity index (χ4v) is 2.65. The molecule has 4 nitrogen and oxygen atoms in total. The van der Waals surface area contributed by atoms with Crippen LogP contribution in [0.2, 0.25) is 5.02 Å². The van der Waals surface area contributed by atoms with Gasteiger partial charge in [-0.2, -0.15) is 0 Å². The molecular formula is C21H16ClNO3. The van der Waals surface area contributed by atoms with Crippen molar-refractivity contribution in [3.05, 3.63) is 100 Å². The average molecular weight is 366 g/mol. The van der Waals surface area contributed by atoms with Crippen LogP contribution in [0.3, 0.4) is 0 Å². The van der Waals surface area contributed by atoms with Gasteiger partial charge in [-0.05, 0) is 48.0 Å². The molecule has 0 radical (unpaired) electrons. The summed E-state index contributed by atoms with van der Waals surface area (Å²) in [6, 6.07) is 19.8. The minimum atomic E-state index is -0.337. The van der Waals surface area contributed by atoms with Crippen LogP contribution in [0.1, 0.15) is 31.8 Å². The van der Waals surface area contributed by atoms with E-state index in [2.05, 4.69) is 5.32 Å². The fourth-order valence-electron chi connectivity index (χ4n) is 2.53. The number of carbonyl (C=O) groups excluding carboxylic acids is 2. The molecule has 3 rings (SSSR count). The van der Waals surface area contributed by atoms with Crippen LogP contribution >= 0.6 is 11.6 Å². The molecule has 0 aliphatic heterocycles. The van der Waals surface area contributed by atoms with Crippen molar-refractivity contribution < 1.29 is 14.7 Å². The molecule has 3 aromatic rings. The largest absolute Gasteiger partial charge is 0.508 e. The second-order valence-electron chi connectivity index (χ2n) is 5.73. The molecule has 0 heterocycles. The number of hydrogen-bond donors (Lipinski definition) is 2. The van der Waals surface area contributed by atoms with Crippen LogP contribution in [-0.2, 0) is 6.54 Å². The van der Waals surface area contributed by atoms with Gasteiger partial charge in [-0.3, -0.25) is 9.59 Å². The first-order valence-electron chi connectivity index (χ1n) is 8.00. The molecule has 0 aromatic heterocycles. The molecule has 2 N–H and O–H groups in total. The van der Waals surface area contributed by atoms with Crippen molar-refractivity contribution in [2.45, 2.75) is 6.54 Å². The van der Waals surface area contributed by atoms with E-state index in [1.165, 1.54) is 0 Å². The van der Waals surface area contributed by atoms with E-state index in [1.54, 1.807) is 72.8 Å². The van der Waals surface area contributed by atoms with Gasteiger partial charge in [0.05, 0.1) is 5.56 Å². The topological polar surface area (TPSA) is 66.4 Å². The van der Waals surface area contributed by atoms with Crippen LogP contribution < -0.4 is 5.32 Å². The van der Waals surface area contributed by atoms with Crippen molar-refractivity contribution in [3.8, 4) is 5.75 Å². The standard InChI is InChI=1S/C21H16ClNO3/c22-16-9-7-15(8-10-16)20(25)18-3-1-2-4-19(18)21(26)23-13-14-5-11-17(24)12-6-14/h1-12,24H,13H2,(H,23,26). The number of phenols is 1. The monoisotopic (exact) mass is 365 g/mol. The lowest BCUT2D eigenvalue weighted by Gasteiger charge is -2.10. The highest BCUT2D eigenvalue weighted by atomic mass is 35.5. The van der Waals surface area contributed by atoms with Crippen molar-refractivity contribution >= 4 is 23.3 Å². The van der Waals surface area contributed by atoms with E-state index < -0.39 is 0 Å². The van der Waals surface area contributed by atoms with Crippen LogP contribution in [0, 0.1) is 0 Å². The molecule has 1 amide bonds. The Morgan fingerprint density at radius 2 is 1.46 bits per heavy atom. The van der Waals surface area contributed by atoms with Gasteiger partial charge in [-0.1, -0.05) is 41.9 Å². The van der Waals surface area contributed by atoms with Crippen molar-refractivity contribution in [1.29, 1.82) is 0 Å². The van der Waals surface area contributed by atoms with E-state index >= 15 is 0 Å². The highest BCUT2D eigenvalue weighted by Gasteiger charge is 2.17. The molecule has 0 spiro atoms. The lowest BCUT2D eigenvalue weighted by Crippen LogP contribution is -2.25. The summed E-state index contributed by atoms with van der Waals surface area (Å²) in [5.41, 5.74) is 1.95. The number of amides is 1. The minimum absolute atomic E-state index is 0.166. The third-order valence-electron chi connectivity index (χ3n) is 3.91. The van der Waals surface area contributed by atoms with Gasteiger partial charge >= 0.3 is 0 Å². The molecule has 0 aliphatic rings. The summed E-state index contributed by atoms with van der Waals surface area (Å²) in [5, 5.41) is 12.6. The Hall–Kier alpha value is -3.11. The predicted octanol–water partition coefficient (Wildman–Crippen LogP) is 4.21. The van der Waals surface area contributed by atoms with Gasteiger partial charge in [-0.15, -0.1) is 0 Å². The van der Waals surface area contributed by atoms with Crippen molar-refractivity contribution in [1.82, 2.24) is 5.32 Å². The molecular weight excluding hydrogens is 350 g/mol. The first kappa shape index (κ1) is 17.7. The minimum Gasteiger partial charge on any atom is -0.508 e. The number of nitrogens with one attached hydrogen (secondary N) is 1. The molecule has 0 unspecified atom stereocenters. The van der Waals surface area contributed by atoms with Gasteiger partial charge < -0.3 is 10.4 Å². The average Bonchev–Trinajstić information content (AvgIpc) is 2.67. The summed E-state index contributed by atoms with van der Waals surface area (Å²) >= 11 is 5.86. The van der Waals surface area contributed by atoms with E-state index in [1.807, 2.05) is 0 Å². The Morgan fingerprint density at radius 3 is 2.12 bits per heavy atom. The van der Waals surface area contributed by atoms with Crippen LogP contribution in [0.4, 0.5) is 0 Å². The van der Waals surface area contributed by atoms with Gasteiger partial charge in [0.15, 0.2) is 5.78 Å². The molecule has 0 saturated heterocycles. The van der Waals surface area contributed by atoms with E-state index in [4.69, 9.17) is 11.6 Å². The van der Waals surface area contributed by atoms with Gasteiger partial charge in [-0.25, -0.2) is 0 Å². The van der Waals surface area contributed by atoms with E-state index in [0.717, 1.165) is 5.56 Å². The van der Waals surface area contributed by atoms with E-state index in [9.17, 15) is 14.7 Å². The van der Waals surface area contributed by atoms with Gasteiger partial charge in [0.2, 0.25) is 0 Å². The van der Waals surface area contributed by atoms with Crippen LogP contribution in [-0.4, -0.2) is 16.8 Å². The maximum absolute atomic E-state index is 12.7. The SMILES string of the molecule is O=C(NCc1ccc(O)cc1)c1ccccc1C(=O)c1ccc(Cl)cc1. The normalized spacial score (nSPS) is 10.3. The van der Waals surface area contributed by atoms with Crippen molar-refractivity contribution in [2.75, 3.05) is 0 Å². The molecule has 130 valence electrons. The molecule has 3 aromatic carbocycles. The van der Waals surface area contributed by atoms with E-state index in [0.29, 0.717) is 28.3 Å². The quantitative estimate of drug-likeness (QED) is 0.666. The molecule has 0 aliphatic carbocycles. The lowest BCUT2D eigenvalue weighted by atomic mass is 9.98. The number of halogens is 1. The molecule has 5 heteroatoms.